The van der Waals surface area contributed by atoms with E-state index in [0.29, 0.717) is 0 Å². The number of halogens is 1. The third kappa shape index (κ3) is 2.92. The van der Waals surface area contributed by atoms with Gasteiger partial charge in [-0.3, -0.25) is 0 Å². The lowest BCUT2D eigenvalue weighted by atomic mass is 10.3. The first kappa shape index (κ1) is 12.0. The van der Waals surface area contributed by atoms with Crippen molar-refractivity contribution in [2.75, 3.05) is 5.75 Å². The molecule has 1 heterocycles. The minimum Gasteiger partial charge on any atom is -0.341 e. The number of benzene rings is 1. The summed E-state index contributed by atoms with van der Waals surface area (Å²) >= 11 is 1.69. The number of terminal acetylenes is 1. The summed E-state index contributed by atoms with van der Waals surface area (Å²) in [6, 6.07) is 8.01. The highest BCUT2D eigenvalue weighted by molar-refractivity contribution is 7.98. The smallest absolute Gasteiger partial charge is 0.117 e. The minimum atomic E-state index is 0. The molecule has 4 heteroatoms. The van der Waals surface area contributed by atoms with Crippen LogP contribution in [0.5, 0.6) is 0 Å². The maximum Gasteiger partial charge on any atom is 0.117 e. The average molecular weight is 239 g/mol. The quantitative estimate of drug-likeness (QED) is 0.658. The zero-order valence-corrected chi connectivity index (χ0v) is 9.70. The molecule has 78 valence electrons. The molecule has 2 aromatic rings. The summed E-state index contributed by atoms with van der Waals surface area (Å²) in [5, 5.41) is 0. The van der Waals surface area contributed by atoms with Gasteiger partial charge in [-0.15, -0.1) is 30.6 Å². The number of aromatic amines is 1. The second-order valence-electron chi connectivity index (χ2n) is 2.90. The molecule has 0 saturated carbocycles. The predicted octanol–water partition coefficient (Wildman–Crippen LogP) is 2.85. The molecule has 0 aliphatic heterocycles. The number of thioether (sulfide) groups is 1. The van der Waals surface area contributed by atoms with Crippen molar-refractivity contribution in [2.24, 2.45) is 0 Å². The van der Waals surface area contributed by atoms with Crippen LogP contribution < -0.4 is 0 Å². The zero-order chi connectivity index (χ0) is 9.80. The molecule has 0 aliphatic carbocycles. The van der Waals surface area contributed by atoms with Crippen molar-refractivity contribution in [3.63, 3.8) is 0 Å². The fourth-order valence-electron chi connectivity index (χ4n) is 1.28. The summed E-state index contributed by atoms with van der Waals surface area (Å²) in [6.45, 7) is 0. The molecule has 2 rings (SSSR count). The number of aromatic nitrogens is 2. The van der Waals surface area contributed by atoms with Gasteiger partial charge in [-0.2, -0.15) is 0 Å². The van der Waals surface area contributed by atoms with Gasteiger partial charge < -0.3 is 4.98 Å². The van der Waals surface area contributed by atoms with Gasteiger partial charge >= 0.3 is 0 Å². The number of H-pyrrole nitrogens is 1. The van der Waals surface area contributed by atoms with Crippen LogP contribution in [0.15, 0.2) is 24.3 Å². The Morgan fingerprint density at radius 3 is 2.93 bits per heavy atom. The van der Waals surface area contributed by atoms with Crippen LogP contribution in [0.4, 0.5) is 0 Å². The molecule has 0 unspecified atom stereocenters. The van der Waals surface area contributed by atoms with Crippen LogP contribution in [-0.4, -0.2) is 15.7 Å². The van der Waals surface area contributed by atoms with Crippen molar-refractivity contribution in [1.82, 2.24) is 9.97 Å². The van der Waals surface area contributed by atoms with Crippen LogP contribution in [0.3, 0.4) is 0 Å². The van der Waals surface area contributed by atoms with E-state index in [0.717, 1.165) is 28.4 Å². The van der Waals surface area contributed by atoms with Crippen LogP contribution in [0.2, 0.25) is 0 Å². The molecule has 2 nitrogen and oxygen atoms in total. The molecule has 0 amide bonds. The number of fused-ring (bicyclic) bond motifs is 1. The molecule has 1 N–H and O–H groups in total. The SMILES string of the molecule is C#CCSCc1nc2ccccc2[nH]1.Cl. The normalized spacial score (nSPS) is 9.53. The topological polar surface area (TPSA) is 28.7 Å². The lowest BCUT2D eigenvalue weighted by Gasteiger charge is -1.90. The summed E-state index contributed by atoms with van der Waals surface area (Å²) in [5.74, 6) is 5.16. The van der Waals surface area contributed by atoms with Crippen molar-refractivity contribution in [3.05, 3.63) is 30.1 Å². The van der Waals surface area contributed by atoms with Gasteiger partial charge in [0.2, 0.25) is 0 Å². The third-order valence-corrected chi connectivity index (χ3v) is 2.71. The Balaban J connectivity index is 0.00000112. The van der Waals surface area contributed by atoms with E-state index in [9.17, 15) is 0 Å². The molecule has 0 atom stereocenters. The second-order valence-corrected chi connectivity index (χ2v) is 3.88. The third-order valence-electron chi connectivity index (χ3n) is 1.86. The van der Waals surface area contributed by atoms with Crippen LogP contribution in [-0.2, 0) is 5.75 Å². The number of rotatable bonds is 3. The molecule has 0 spiro atoms. The highest BCUT2D eigenvalue weighted by atomic mass is 35.5. The van der Waals surface area contributed by atoms with Crippen LogP contribution in [0.25, 0.3) is 11.0 Å². The molecule has 1 aromatic heterocycles. The molecule has 0 aliphatic rings. The van der Waals surface area contributed by atoms with Crippen molar-refractivity contribution in [3.8, 4) is 12.3 Å². The number of para-hydroxylation sites is 2. The zero-order valence-electron chi connectivity index (χ0n) is 8.06. The Morgan fingerprint density at radius 1 is 1.40 bits per heavy atom. The van der Waals surface area contributed by atoms with Crippen LogP contribution >= 0.6 is 24.2 Å². The predicted molar refractivity (Wildman–Crippen MR) is 68.3 cm³/mol. The van der Waals surface area contributed by atoms with Crippen molar-refractivity contribution in [2.45, 2.75) is 5.75 Å². The Kier molecular flexibility index (Phi) is 4.54. The Labute approximate surface area is 99.3 Å². The van der Waals surface area contributed by atoms with Gasteiger partial charge in [0.05, 0.1) is 22.5 Å². The van der Waals surface area contributed by atoms with Crippen molar-refractivity contribution < 1.29 is 0 Å². The maximum absolute atomic E-state index is 5.17. The van der Waals surface area contributed by atoms with Crippen LogP contribution in [0.1, 0.15) is 5.82 Å². The molecular formula is C11H11ClN2S. The molecule has 0 saturated heterocycles. The largest absolute Gasteiger partial charge is 0.341 e. The van der Waals surface area contributed by atoms with E-state index in [4.69, 9.17) is 6.42 Å². The van der Waals surface area contributed by atoms with Crippen molar-refractivity contribution >= 4 is 35.2 Å². The monoisotopic (exact) mass is 238 g/mol. The maximum atomic E-state index is 5.17. The standard InChI is InChI=1S/C11H10N2S.ClH/c1-2-7-14-8-11-12-9-5-3-4-6-10(9)13-11;/h1,3-6H,7-8H2,(H,12,13);1H. The average Bonchev–Trinajstić information content (AvgIpc) is 2.60. The number of hydrogen-bond donors (Lipinski definition) is 1. The van der Waals surface area contributed by atoms with Gasteiger partial charge in [-0.1, -0.05) is 18.1 Å². The van der Waals surface area contributed by atoms with Crippen LogP contribution in [0, 0.1) is 12.3 Å². The molecular weight excluding hydrogens is 228 g/mol. The summed E-state index contributed by atoms with van der Waals surface area (Å²) < 4.78 is 0. The summed E-state index contributed by atoms with van der Waals surface area (Å²) in [7, 11) is 0. The minimum absolute atomic E-state index is 0. The van der Waals surface area contributed by atoms with E-state index >= 15 is 0 Å². The summed E-state index contributed by atoms with van der Waals surface area (Å²) in [6.07, 6.45) is 5.17. The van der Waals surface area contributed by atoms with E-state index < -0.39 is 0 Å². The second kappa shape index (κ2) is 5.69. The van der Waals surface area contributed by atoms with Gasteiger partial charge in [0.1, 0.15) is 5.82 Å². The van der Waals surface area contributed by atoms with E-state index in [1.165, 1.54) is 0 Å². The molecule has 1 aromatic carbocycles. The highest BCUT2D eigenvalue weighted by Gasteiger charge is 2.00. The first-order valence-corrected chi connectivity index (χ1v) is 5.50. The van der Waals surface area contributed by atoms with Gasteiger partial charge in [-0.05, 0) is 12.1 Å². The van der Waals surface area contributed by atoms with E-state index in [1.807, 2.05) is 24.3 Å². The van der Waals surface area contributed by atoms with E-state index in [1.54, 1.807) is 11.8 Å². The van der Waals surface area contributed by atoms with Gasteiger partial charge in [0.15, 0.2) is 0 Å². The molecule has 0 bridgehead atoms. The van der Waals surface area contributed by atoms with E-state index in [-0.39, 0.29) is 12.4 Å². The molecule has 0 fully saturated rings. The van der Waals surface area contributed by atoms with E-state index in [2.05, 4.69) is 15.9 Å². The number of imidazole rings is 1. The van der Waals surface area contributed by atoms with Gasteiger partial charge in [0, 0.05) is 0 Å². The van der Waals surface area contributed by atoms with Crippen molar-refractivity contribution in [1.29, 1.82) is 0 Å². The fourth-order valence-corrected chi connectivity index (χ4v) is 1.83. The van der Waals surface area contributed by atoms with Gasteiger partial charge in [-0.25, -0.2) is 4.98 Å². The molecule has 15 heavy (non-hydrogen) atoms. The Morgan fingerprint density at radius 2 is 2.20 bits per heavy atom. The number of nitrogens with one attached hydrogen (secondary N) is 1. The highest BCUT2D eigenvalue weighted by Crippen LogP contribution is 2.14. The van der Waals surface area contributed by atoms with Gasteiger partial charge in [0.25, 0.3) is 0 Å². The number of hydrogen-bond acceptors (Lipinski definition) is 2. The Bertz CT molecular complexity index is 440. The lowest BCUT2D eigenvalue weighted by molar-refractivity contribution is 1.14. The lowest BCUT2D eigenvalue weighted by Crippen LogP contribution is -1.83. The first-order chi connectivity index (χ1) is 6.90. The first-order valence-electron chi connectivity index (χ1n) is 4.35. The summed E-state index contributed by atoms with van der Waals surface area (Å²) in [5.41, 5.74) is 2.10. The fraction of sp³-hybridized carbons (Fsp3) is 0.182. The Hall–Kier alpha value is -1.11. The number of nitrogens with zero attached hydrogens (tertiary/aromatic N) is 1. The molecule has 0 radical (unpaired) electrons. The summed E-state index contributed by atoms with van der Waals surface area (Å²) in [4.78, 5) is 7.69.